The van der Waals surface area contributed by atoms with Crippen LogP contribution in [0.15, 0.2) is 24.3 Å². The van der Waals surface area contributed by atoms with Gasteiger partial charge in [0.1, 0.15) is 12.1 Å². The van der Waals surface area contributed by atoms with Gasteiger partial charge < -0.3 is 15.5 Å². The van der Waals surface area contributed by atoms with Gasteiger partial charge in [0.25, 0.3) is 11.6 Å². The van der Waals surface area contributed by atoms with Crippen molar-refractivity contribution in [2.75, 3.05) is 31.5 Å². The number of nitro groups is 1. The minimum Gasteiger partial charge on any atom is -0.325 e. The topological polar surface area (TPSA) is 125 Å². The molecule has 0 radical (unpaired) electrons. The van der Waals surface area contributed by atoms with E-state index in [1.807, 2.05) is 6.92 Å². The Hall–Kier alpha value is -3.01. The predicted octanol–water partition coefficient (Wildman–Crippen LogP) is 0.940. The first kappa shape index (κ1) is 18.8. The third-order valence-electron chi connectivity index (χ3n) is 5.07. The highest BCUT2D eigenvalue weighted by molar-refractivity contribution is 6.10. The summed E-state index contributed by atoms with van der Waals surface area (Å²) < 4.78 is 0. The van der Waals surface area contributed by atoms with Gasteiger partial charge in [-0.25, -0.2) is 4.79 Å². The number of likely N-dealkylation sites (tertiary alicyclic amines) is 1. The highest BCUT2D eigenvalue weighted by Gasteiger charge is 2.52. The molecule has 2 saturated heterocycles. The average Bonchev–Trinajstić information content (AvgIpc) is 2.87. The molecular weight excluding hydrogens is 354 g/mol. The van der Waals surface area contributed by atoms with E-state index in [-0.39, 0.29) is 11.6 Å². The fraction of sp³-hybridized carbons (Fsp3) is 0.471. The number of benzene rings is 1. The first-order valence-electron chi connectivity index (χ1n) is 8.75. The molecule has 0 atom stereocenters. The van der Waals surface area contributed by atoms with Crippen LogP contribution in [0.25, 0.3) is 0 Å². The zero-order valence-electron chi connectivity index (χ0n) is 14.9. The third-order valence-corrected chi connectivity index (χ3v) is 5.07. The number of non-ortho nitro benzene ring substituents is 1. The predicted molar refractivity (Wildman–Crippen MR) is 96.0 cm³/mol. The van der Waals surface area contributed by atoms with Crippen molar-refractivity contribution >= 4 is 29.2 Å². The standard InChI is InChI=1S/C17H21N5O5/c1-2-20-9-7-17(8-10-20)15(24)21(16(25)19-17)11-14(23)18-12-3-5-13(6-4-12)22(26)27/h3-6H,2,7-11H2,1H3,(H,18,23)(H,19,25). The SMILES string of the molecule is CCN1CCC2(CC1)NC(=O)N(CC(=O)Nc1ccc([N+](=O)[O-])cc1)C2=O. The normalized spacial score (nSPS) is 19.2. The van der Waals surface area contributed by atoms with Gasteiger partial charge in [-0.05, 0) is 31.5 Å². The van der Waals surface area contributed by atoms with Crippen molar-refractivity contribution in [2.45, 2.75) is 25.3 Å². The summed E-state index contributed by atoms with van der Waals surface area (Å²) in [6.45, 7) is 3.96. The maximum absolute atomic E-state index is 12.8. The van der Waals surface area contributed by atoms with Crippen LogP contribution in [0.4, 0.5) is 16.2 Å². The van der Waals surface area contributed by atoms with Gasteiger partial charge in [-0.15, -0.1) is 0 Å². The van der Waals surface area contributed by atoms with Crippen LogP contribution >= 0.6 is 0 Å². The average molecular weight is 375 g/mol. The minimum atomic E-state index is -0.920. The number of imide groups is 1. The van der Waals surface area contributed by atoms with Crippen LogP contribution in [0.5, 0.6) is 0 Å². The molecule has 0 aliphatic carbocycles. The van der Waals surface area contributed by atoms with E-state index < -0.39 is 28.9 Å². The molecule has 0 aromatic heterocycles. The molecule has 2 N–H and O–H groups in total. The van der Waals surface area contributed by atoms with E-state index in [9.17, 15) is 24.5 Å². The van der Waals surface area contributed by atoms with Crippen LogP contribution in [0.1, 0.15) is 19.8 Å². The van der Waals surface area contributed by atoms with Crippen LogP contribution in [0.2, 0.25) is 0 Å². The third kappa shape index (κ3) is 3.75. The molecule has 2 fully saturated rings. The first-order valence-corrected chi connectivity index (χ1v) is 8.75. The van der Waals surface area contributed by atoms with Crippen LogP contribution in [-0.4, -0.2) is 64.3 Å². The van der Waals surface area contributed by atoms with E-state index in [1.54, 1.807) is 0 Å². The zero-order chi connectivity index (χ0) is 19.6. The lowest BCUT2D eigenvalue weighted by Crippen LogP contribution is -2.55. The van der Waals surface area contributed by atoms with Crippen molar-refractivity contribution in [3.8, 4) is 0 Å². The summed E-state index contributed by atoms with van der Waals surface area (Å²) in [6, 6.07) is 4.75. The Morgan fingerprint density at radius 1 is 1.26 bits per heavy atom. The molecule has 10 heteroatoms. The second-order valence-electron chi connectivity index (χ2n) is 6.69. The quantitative estimate of drug-likeness (QED) is 0.448. The number of amides is 4. The summed E-state index contributed by atoms with van der Waals surface area (Å²) in [6.07, 6.45) is 1.04. The minimum absolute atomic E-state index is 0.0949. The Labute approximate surface area is 155 Å². The van der Waals surface area contributed by atoms with Gasteiger partial charge in [-0.2, -0.15) is 0 Å². The van der Waals surface area contributed by atoms with E-state index in [1.165, 1.54) is 24.3 Å². The first-order chi connectivity index (χ1) is 12.8. The summed E-state index contributed by atoms with van der Waals surface area (Å²) >= 11 is 0. The summed E-state index contributed by atoms with van der Waals surface area (Å²) in [7, 11) is 0. The fourth-order valence-electron chi connectivity index (χ4n) is 3.42. The number of anilines is 1. The molecule has 0 bridgehead atoms. The van der Waals surface area contributed by atoms with Gasteiger partial charge in [0.15, 0.2) is 0 Å². The van der Waals surface area contributed by atoms with Crippen molar-refractivity contribution < 1.29 is 19.3 Å². The van der Waals surface area contributed by atoms with Gasteiger partial charge in [-0.3, -0.25) is 24.6 Å². The maximum atomic E-state index is 12.8. The van der Waals surface area contributed by atoms with E-state index >= 15 is 0 Å². The number of carbonyl (C=O) groups excluding carboxylic acids is 3. The molecule has 1 aromatic rings. The van der Waals surface area contributed by atoms with Gasteiger partial charge in [-0.1, -0.05) is 6.92 Å². The van der Waals surface area contributed by atoms with Gasteiger partial charge in [0, 0.05) is 30.9 Å². The summed E-state index contributed by atoms with van der Waals surface area (Å²) in [5.41, 5.74) is -0.665. The summed E-state index contributed by atoms with van der Waals surface area (Å²) in [4.78, 5) is 50.5. The number of nitro benzene ring substituents is 1. The lowest BCUT2D eigenvalue weighted by Gasteiger charge is -2.36. The second-order valence-corrected chi connectivity index (χ2v) is 6.69. The Kier molecular flexibility index (Phi) is 5.08. The molecule has 27 heavy (non-hydrogen) atoms. The molecule has 10 nitrogen and oxygen atoms in total. The fourth-order valence-corrected chi connectivity index (χ4v) is 3.42. The van der Waals surface area contributed by atoms with Crippen molar-refractivity contribution in [1.82, 2.24) is 15.1 Å². The summed E-state index contributed by atoms with van der Waals surface area (Å²) in [5.74, 6) is -0.919. The van der Waals surface area contributed by atoms with Crippen LogP contribution in [0.3, 0.4) is 0 Å². The van der Waals surface area contributed by atoms with Crippen molar-refractivity contribution in [3.05, 3.63) is 34.4 Å². The number of piperidine rings is 1. The Morgan fingerprint density at radius 3 is 2.44 bits per heavy atom. The molecule has 1 spiro atoms. The molecule has 2 aliphatic heterocycles. The molecule has 2 aliphatic rings. The Bertz CT molecular complexity index is 770. The molecule has 1 aromatic carbocycles. The lowest BCUT2D eigenvalue weighted by molar-refractivity contribution is -0.384. The number of hydrogen-bond donors (Lipinski definition) is 2. The Morgan fingerprint density at radius 2 is 1.89 bits per heavy atom. The number of nitrogens with one attached hydrogen (secondary N) is 2. The summed E-state index contributed by atoms with van der Waals surface area (Å²) in [5, 5.41) is 15.9. The highest BCUT2D eigenvalue weighted by Crippen LogP contribution is 2.29. The number of urea groups is 1. The second kappa shape index (κ2) is 7.31. The molecule has 2 heterocycles. The van der Waals surface area contributed by atoms with Gasteiger partial charge >= 0.3 is 6.03 Å². The Balaban J connectivity index is 1.61. The van der Waals surface area contributed by atoms with Crippen molar-refractivity contribution in [2.24, 2.45) is 0 Å². The zero-order valence-corrected chi connectivity index (χ0v) is 14.9. The lowest BCUT2D eigenvalue weighted by atomic mass is 9.87. The van der Waals surface area contributed by atoms with Gasteiger partial charge in [0.05, 0.1) is 4.92 Å². The van der Waals surface area contributed by atoms with Gasteiger partial charge in [0.2, 0.25) is 5.91 Å². The van der Waals surface area contributed by atoms with Crippen LogP contribution in [0, 0.1) is 10.1 Å². The van der Waals surface area contributed by atoms with Crippen LogP contribution in [-0.2, 0) is 9.59 Å². The number of rotatable bonds is 5. The number of hydrogen-bond acceptors (Lipinski definition) is 6. The van der Waals surface area contributed by atoms with Crippen molar-refractivity contribution in [1.29, 1.82) is 0 Å². The van der Waals surface area contributed by atoms with E-state index in [4.69, 9.17) is 0 Å². The van der Waals surface area contributed by atoms with E-state index in [0.29, 0.717) is 31.6 Å². The largest absolute Gasteiger partial charge is 0.325 e. The van der Waals surface area contributed by atoms with E-state index in [0.717, 1.165) is 11.4 Å². The monoisotopic (exact) mass is 375 g/mol. The smallest absolute Gasteiger partial charge is 0.325 e. The number of carbonyl (C=O) groups is 3. The molecule has 4 amide bonds. The number of nitrogens with zero attached hydrogens (tertiary/aromatic N) is 3. The van der Waals surface area contributed by atoms with Crippen molar-refractivity contribution in [3.63, 3.8) is 0 Å². The maximum Gasteiger partial charge on any atom is 0.325 e. The molecule has 0 saturated carbocycles. The molecule has 0 unspecified atom stereocenters. The van der Waals surface area contributed by atoms with Crippen LogP contribution < -0.4 is 10.6 Å². The molecule has 3 rings (SSSR count). The molecular formula is C17H21N5O5. The van der Waals surface area contributed by atoms with E-state index in [2.05, 4.69) is 15.5 Å². The highest BCUT2D eigenvalue weighted by atomic mass is 16.6. The molecule has 144 valence electrons.